The van der Waals surface area contributed by atoms with E-state index in [2.05, 4.69) is 25.6 Å². The van der Waals surface area contributed by atoms with Crippen LogP contribution in [-0.4, -0.2) is 32.5 Å². The summed E-state index contributed by atoms with van der Waals surface area (Å²) in [5.74, 6) is -0.707. The van der Waals surface area contributed by atoms with Crippen LogP contribution in [0.5, 0.6) is 0 Å². The van der Waals surface area contributed by atoms with Gasteiger partial charge in [-0.15, -0.1) is 0 Å². The fourth-order valence-corrected chi connectivity index (χ4v) is 3.94. The van der Waals surface area contributed by atoms with E-state index in [9.17, 15) is 19.1 Å². The number of imidazole rings is 1. The quantitative estimate of drug-likeness (QED) is 0.234. The van der Waals surface area contributed by atoms with Gasteiger partial charge in [0.1, 0.15) is 22.7 Å². The van der Waals surface area contributed by atoms with E-state index in [4.69, 9.17) is 0 Å². The molecule has 0 fully saturated rings. The summed E-state index contributed by atoms with van der Waals surface area (Å²) >= 11 is 0. The number of aromatic amines is 2. The van der Waals surface area contributed by atoms with Crippen molar-refractivity contribution in [3.05, 3.63) is 112 Å². The number of rotatable bonds is 7. The molecule has 0 aliphatic heterocycles. The summed E-state index contributed by atoms with van der Waals surface area (Å²) < 4.78 is 13.5. The largest absolute Gasteiger partial charge is 0.387 e. The van der Waals surface area contributed by atoms with E-state index in [1.807, 2.05) is 30.3 Å². The number of fused-ring (bicyclic) bond motifs is 1. The lowest BCUT2D eigenvalue weighted by atomic mass is 10.1. The summed E-state index contributed by atoms with van der Waals surface area (Å²) in [6.07, 6.45) is 0.731. The molecule has 8 nitrogen and oxygen atoms in total. The minimum atomic E-state index is -0.779. The molecule has 1 atom stereocenters. The first-order chi connectivity index (χ1) is 17.5. The first-order valence-corrected chi connectivity index (χ1v) is 11.2. The number of H-pyrrole nitrogens is 2. The van der Waals surface area contributed by atoms with Crippen molar-refractivity contribution >= 4 is 28.3 Å². The summed E-state index contributed by atoms with van der Waals surface area (Å²) in [5.41, 5.74) is 2.74. The van der Waals surface area contributed by atoms with E-state index in [0.717, 1.165) is 11.6 Å². The standard InChI is InChI=1S/C27H22FN5O3/c28-18-9-4-8-17(14-18)26(35)32-21-11-5-10-20-24(21)33-25(31-20)23-19(12-13-29-27(23)36)30-15-22(34)16-6-2-1-3-7-16/h1-14,22,34H,15H2,(H,31,33)(H,32,35)(H2,29,30,36)/t22-/m1/s1. The maximum absolute atomic E-state index is 13.5. The molecule has 5 N–H and O–H groups in total. The number of pyridine rings is 1. The van der Waals surface area contributed by atoms with Crippen LogP contribution in [0, 0.1) is 5.82 Å². The fourth-order valence-electron chi connectivity index (χ4n) is 3.94. The number of aliphatic hydroxyl groups is 1. The third-order valence-corrected chi connectivity index (χ3v) is 5.72. The van der Waals surface area contributed by atoms with Crippen molar-refractivity contribution in [2.45, 2.75) is 6.10 Å². The Morgan fingerprint density at radius 2 is 1.81 bits per heavy atom. The van der Waals surface area contributed by atoms with Crippen LogP contribution in [0.15, 0.2) is 89.9 Å². The van der Waals surface area contributed by atoms with Crippen LogP contribution in [0.25, 0.3) is 22.4 Å². The highest BCUT2D eigenvalue weighted by Crippen LogP contribution is 2.28. The zero-order valence-corrected chi connectivity index (χ0v) is 19.0. The van der Waals surface area contributed by atoms with Gasteiger partial charge in [0.05, 0.1) is 23.0 Å². The molecule has 5 rings (SSSR count). The SMILES string of the molecule is O=C(Nc1cccc2[nH]c(-c3c(NC[C@@H](O)c4ccccc4)cc[nH]c3=O)nc12)c1cccc(F)c1. The molecule has 9 heteroatoms. The van der Waals surface area contributed by atoms with Crippen LogP contribution in [0.2, 0.25) is 0 Å². The smallest absolute Gasteiger partial charge is 0.261 e. The van der Waals surface area contributed by atoms with Crippen molar-refractivity contribution < 1.29 is 14.3 Å². The van der Waals surface area contributed by atoms with Crippen molar-refractivity contribution in [3.63, 3.8) is 0 Å². The van der Waals surface area contributed by atoms with Crippen molar-refractivity contribution in [2.75, 3.05) is 17.2 Å². The number of nitrogens with one attached hydrogen (secondary N) is 4. The Morgan fingerprint density at radius 3 is 2.61 bits per heavy atom. The van der Waals surface area contributed by atoms with Crippen LogP contribution >= 0.6 is 0 Å². The van der Waals surface area contributed by atoms with Crippen LogP contribution in [0.1, 0.15) is 22.0 Å². The first-order valence-electron chi connectivity index (χ1n) is 11.2. The Hall–Kier alpha value is -4.76. The molecule has 0 radical (unpaired) electrons. The number of halogens is 1. The lowest BCUT2D eigenvalue weighted by Gasteiger charge is -2.14. The predicted molar refractivity (Wildman–Crippen MR) is 136 cm³/mol. The van der Waals surface area contributed by atoms with E-state index >= 15 is 0 Å². The maximum Gasteiger partial charge on any atom is 0.261 e. The van der Waals surface area contributed by atoms with Crippen molar-refractivity contribution in [1.82, 2.24) is 15.0 Å². The zero-order valence-electron chi connectivity index (χ0n) is 19.0. The molecule has 36 heavy (non-hydrogen) atoms. The Kier molecular flexibility index (Phi) is 6.29. The number of carbonyl (C=O) groups is 1. The number of aromatic nitrogens is 3. The van der Waals surface area contributed by atoms with Crippen LogP contribution < -0.4 is 16.2 Å². The minimum Gasteiger partial charge on any atom is -0.387 e. The molecule has 3 aromatic carbocycles. The number of amides is 1. The van der Waals surface area contributed by atoms with Gasteiger partial charge in [0.2, 0.25) is 0 Å². The molecular weight excluding hydrogens is 461 g/mol. The molecule has 0 bridgehead atoms. The highest BCUT2D eigenvalue weighted by atomic mass is 19.1. The van der Waals surface area contributed by atoms with Gasteiger partial charge in [-0.25, -0.2) is 9.37 Å². The molecule has 0 unspecified atom stereocenters. The van der Waals surface area contributed by atoms with Gasteiger partial charge in [0, 0.05) is 18.3 Å². The van der Waals surface area contributed by atoms with Gasteiger partial charge in [-0.3, -0.25) is 9.59 Å². The summed E-state index contributed by atoms with van der Waals surface area (Å²) in [7, 11) is 0. The van der Waals surface area contributed by atoms with E-state index in [-0.39, 0.29) is 29.1 Å². The predicted octanol–water partition coefficient (Wildman–Crippen LogP) is 4.46. The molecule has 2 heterocycles. The third kappa shape index (κ3) is 4.73. The highest BCUT2D eigenvalue weighted by Gasteiger charge is 2.18. The molecule has 0 aliphatic rings. The second kappa shape index (κ2) is 9.85. The van der Waals surface area contributed by atoms with Gasteiger partial charge in [-0.05, 0) is 42.0 Å². The summed E-state index contributed by atoms with van der Waals surface area (Å²) in [6, 6.07) is 21.5. The number of benzene rings is 3. The third-order valence-electron chi connectivity index (χ3n) is 5.72. The molecule has 0 saturated heterocycles. The number of para-hydroxylation sites is 1. The van der Waals surface area contributed by atoms with Gasteiger partial charge in [-0.2, -0.15) is 0 Å². The lowest BCUT2D eigenvalue weighted by molar-refractivity contribution is 0.102. The number of hydrogen-bond donors (Lipinski definition) is 5. The van der Waals surface area contributed by atoms with Crippen molar-refractivity contribution in [1.29, 1.82) is 0 Å². The average Bonchev–Trinajstić information content (AvgIpc) is 3.32. The number of aliphatic hydroxyl groups excluding tert-OH is 1. The molecule has 0 saturated carbocycles. The van der Waals surface area contributed by atoms with E-state index in [1.54, 1.807) is 24.3 Å². The maximum atomic E-state index is 13.5. The average molecular weight is 484 g/mol. The zero-order chi connectivity index (χ0) is 25.1. The Labute approximate surface area is 204 Å². The Bertz CT molecular complexity index is 1600. The van der Waals surface area contributed by atoms with Crippen molar-refractivity contribution in [3.8, 4) is 11.4 Å². The molecule has 0 aliphatic carbocycles. The normalized spacial score (nSPS) is 11.8. The van der Waals surface area contributed by atoms with Gasteiger partial charge in [0.15, 0.2) is 0 Å². The van der Waals surface area contributed by atoms with Crippen LogP contribution in [0.3, 0.4) is 0 Å². The van der Waals surface area contributed by atoms with Gasteiger partial charge in [0.25, 0.3) is 11.5 Å². The number of anilines is 2. The lowest BCUT2D eigenvalue weighted by Crippen LogP contribution is -2.17. The second-order valence-corrected chi connectivity index (χ2v) is 8.15. The number of carbonyl (C=O) groups excluding carboxylic acids is 1. The highest BCUT2D eigenvalue weighted by molar-refractivity contribution is 6.08. The fraction of sp³-hybridized carbons (Fsp3) is 0.0741. The monoisotopic (exact) mass is 483 g/mol. The molecule has 2 aromatic heterocycles. The minimum absolute atomic E-state index is 0.172. The molecule has 5 aromatic rings. The molecular formula is C27H22FN5O3. The first kappa shape index (κ1) is 23.0. The second-order valence-electron chi connectivity index (χ2n) is 8.15. The van der Waals surface area contributed by atoms with E-state index in [1.165, 1.54) is 24.4 Å². The summed E-state index contributed by atoms with van der Waals surface area (Å²) in [4.78, 5) is 35.8. The van der Waals surface area contributed by atoms with Gasteiger partial charge < -0.3 is 25.7 Å². The van der Waals surface area contributed by atoms with Crippen LogP contribution in [-0.2, 0) is 0 Å². The molecule has 180 valence electrons. The number of hydrogen-bond acceptors (Lipinski definition) is 5. The summed E-state index contributed by atoms with van der Waals surface area (Å²) in [6.45, 7) is 0.176. The Morgan fingerprint density at radius 1 is 1.00 bits per heavy atom. The molecule has 1 amide bonds. The molecule has 0 spiro atoms. The summed E-state index contributed by atoms with van der Waals surface area (Å²) in [5, 5.41) is 16.4. The number of nitrogens with zero attached hydrogens (tertiary/aromatic N) is 1. The van der Waals surface area contributed by atoms with Gasteiger partial charge in [-0.1, -0.05) is 42.5 Å². The van der Waals surface area contributed by atoms with E-state index in [0.29, 0.717) is 22.4 Å². The Balaban J connectivity index is 1.45. The van der Waals surface area contributed by atoms with Gasteiger partial charge >= 0.3 is 0 Å². The van der Waals surface area contributed by atoms with E-state index < -0.39 is 17.8 Å². The van der Waals surface area contributed by atoms with Crippen molar-refractivity contribution in [2.24, 2.45) is 0 Å². The topological polar surface area (TPSA) is 123 Å². The van der Waals surface area contributed by atoms with Crippen LogP contribution in [0.4, 0.5) is 15.8 Å².